The third-order valence-electron chi connectivity index (χ3n) is 3.16. The standard InChI is InChI=1S/C16H12F2N4O/c17-12-6-5-10(7-13(12)18)22-15(23)8-19-16-11-3-1-2-4-14(11)20-9-21-16/h1-7,9H,8H2,(H,22,23)(H,19,20,21). The van der Waals surface area contributed by atoms with Crippen molar-refractivity contribution < 1.29 is 13.6 Å². The van der Waals surface area contributed by atoms with E-state index < -0.39 is 17.5 Å². The molecule has 2 N–H and O–H groups in total. The lowest BCUT2D eigenvalue weighted by Crippen LogP contribution is -2.22. The predicted octanol–water partition coefficient (Wildman–Crippen LogP) is 2.96. The Labute approximate surface area is 130 Å². The molecule has 0 saturated heterocycles. The van der Waals surface area contributed by atoms with Crippen molar-refractivity contribution in [3.05, 3.63) is 60.4 Å². The highest BCUT2D eigenvalue weighted by Crippen LogP contribution is 2.18. The lowest BCUT2D eigenvalue weighted by atomic mass is 10.2. The Balaban J connectivity index is 1.67. The Morgan fingerprint density at radius 3 is 2.70 bits per heavy atom. The molecule has 0 atom stereocenters. The number of amides is 1. The maximum Gasteiger partial charge on any atom is 0.243 e. The number of nitrogens with one attached hydrogen (secondary N) is 2. The van der Waals surface area contributed by atoms with Gasteiger partial charge in [-0.05, 0) is 24.3 Å². The molecule has 7 heteroatoms. The van der Waals surface area contributed by atoms with Gasteiger partial charge in [0.15, 0.2) is 11.6 Å². The smallest absolute Gasteiger partial charge is 0.243 e. The fraction of sp³-hybridized carbons (Fsp3) is 0.0625. The van der Waals surface area contributed by atoms with Gasteiger partial charge in [-0.3, -0.25) is 4.79 Å². The summed E-state index contributed by atoms with van der Waals surface area (Å²) >= 11 is 0. The molecule has 2 aromatic carbocycles. The van der Waals surface area contributed by atoms with Crippen molar-refractivity contribution in [2.24, 2.45) is 0 Å². The maximum absolute atomic E-state index is 13.1. The fourth-order valence-corrected chi connectivity index (χ4v) is 2.09. The summed E-state index contributed by atoms with van der Waals surface area (Å²) in [6, 6.07) is 10.5. The molecule has 0 aliphatic rings. The van der Waals surface area contributed by atoms with Crippen LogP contribution in [0.5, 0.6) is 0 Å². The van der Waals surface area contributed by atoms with Crippen molar-refractivity contribution in [1.82, 2.24) is 9.97 Å². The zero-order chi connectivity index (χ0) is 16.2. The summed E-state index contributed by atoms with van der Waals surface area (Å²) in [5, 5.41) is 6.17. The maximum atomic E-state index is 13.1. The summed E-state index contributed by atoms with van der Waals surface area (Å²) in [6.07, 6.45) is 1.40. The molecule has 23 heavy (non-hydrogen) atoms. The number of halogens is 2. The van der Waals surface area contributed by atoms with E-state index in [0.717, 1.165) is 23.0 Å². The van der Waals surface area contributed by atoms with Crippen LogP contribution in [0.15, 0.2) is 48.8 Å². The molecular formula is C16H12F2N4O. The van der Waals surface area contributed by atoms with E-state index in [1.54, 1.807) is 0 Å². The Morgan fingerprint density at radius 2 is 1.87 bits per heavy atom. The zero-order valence-electron chi connectivity index (χ0n) is 11.9. The van der Waals surface area contributed by atoms with Gasteiger partial charge in [-0.15, -0.1) is 0 Å². The van der Waals surface area contributed by atoms with Gasteiger partial charge in [-0.1, -0.05) is 12.1 Å². The molecular weight excluding hydrogens is 302 g/mol. The van der Waals surface area contributed by atoms with Gasteiger partial charge in [0.2, 0.25) is 5.91 Å². The minimum Gasteiger partial charge on any atom is -0.360 e. The highest BCUT2D eigenvalue weighted by Gasteiger charge is 2.08. The van der Waals surface area contributed by atoms with Crippen LogP contribution in [0, 0.1) is 11.6 Å². The zero-order valence-corrected chi connectivity index (χ0v) is 11.9. The molecule has 0 radical (unpaired) electrons. The molecule has 0 spiro atoms. The number of anilines is 2. The Bertz CT molecular complexity index is 864. The topological polar surface area (TPSA) is 66.9 Å². The minimum absolute atomic E-state index is 0.0694. The molecule has 0 fully saturated rings. The van der Waals surface area contributed by atoms with Crippen LogP contribution < -0.4 is 10.6 Å². The van der Waals surface area contributed by atoms with E-state index in [9.17, 15) is 13.6 Å². The number of benzene rings is 2. The third-order valence-corrected chi connectivity index (χ3v) is 3.16. The lowest BCUT2D eigenvalue weighted by Gasteiger charge is -2.09. The summed E-state index contributed by atoms with van der Waals surface area (Å²) in [7, 11) is 0. The van der Waals surface area contributed by atoms with Crippen LogP contribution in [0.1, 0.15) is 0 Å². The van der Waals surface area contributed by atoms with Gasteiger partial charge in [0.25, 0.3) is 0 Å². The average Bonchev–Trinajstić information content (AvgIpc) is 2.56. The molecule has 0 saturated carbocycles. The van der Waals surface area contributed by atoms with Crippen molar-refractivity contribution in [2.45, 2.75) is 0 Å². The molecule has 116 valence electrons. The summed E-state index contributed by atoms with van der Waals surface area (Å²) in [5.74, 6) is -1.86. The number of carbonyl (C=O) groups excluding carboxylic acids is 1. The second-order valence-electron chi connectivity index (χ2n) is 4.77. The van der Waals surface area contributed by atoms with Gasteiger partial charge < -0.3 is 10.6 Å². The first-order valence-corrected chi connectivity index (χ1v) is 6.82. The van der Waals surface area contributed by atoms with Gasteiger partial charge >= 0.3 is 0 Å². The van der Waals surface area contributed by atoms with Gasteiger partial charge in [0.1, 0.15) is 12.1 Å². The van der Waals surface area contributed by atoms with Gasteiger partial charge in [-0.25, -0.2) is 18.7 Å². The van der Waals surface area contributed by atoms with Gasteiger partial charge in [-0.2, -0.15) is 0 Å². The second-order valence-corrected chi connectivity index (χ2v) is 4.77. The van der Waals surface area contributed by atoms with Crippen molar-refractivity contribution in [3.63, 3.8) is 0 Å². The third kappa shape index (κ3) is 3.39. The monoisotopic (exact) mass is 314 g/mol. The number of aromatic nitrogens is 2. The van der Waals surface area contributed by atoms with Crippen LogP contribution in [0.3, 0.4) is 0 Å². The lowest BCUT2D eigenvalue weighted by molar-refractivity contribution is -0.114. The van der Waals surface area contributed by atoms with Gasteiger partial charge in [0, 0.05) is 17.1 Å². The van der Waals surface area contributed by atoms with Crippen LogP contribution in [-0.2, 0) is 4.79 Å². The van der Waals surface area contributed by atoms with E-state index in [2.05, 4.69) is 20.6 Å². The van der Waals surface area contributed by atoms with Crippen molar-refractivity contribution in [3.8, 4) is 0 Å². The first kappa shape index (κ1) is 14.8. The molecule has 3 rings (SSSR count). The van der Waals surface area contributed by atoms with Crippen LogP contribution >= 0.6 is 0 Å². The van der Waals surface area contributed by atoms with E-state index in [4.69, 9.17) is 0 Å². The van der Waals surface area contributed by atoms with Crippen molar-refractivity contribution in [1.29, 1.82) is 0 Å². The average molecular weight is 314 g/mol. The summed E-state index contributed by atoms with van der Waals surface area (Å²) in [4.78, 5) is 20.1. The number of hydrogen-bond donors (Lipinski definition) is 2. The van der Waals surface area contributed by atoms with Crippen molar-refractivity contribution >= 4 is 28.3 Å². The Kier molecular flexibility index (Phi) is 4.09. The second kappa shape index (κ2) is 6.35. The highest BCUT2D eigenvalue weighted by molar-refractivity contribution is 5.95. The number of hydrogen-bond acceptors (Lipinski definition) is 4. The molecule has 0 unspecified atom stereocenters. The van der Waals surface area contributed by atoms with Crippen molar-refractivity contribution in [2.75, 3.05) is 17.2 Å². The molecule has 5 nitrogen and oxygen atoms in total. The molecule has 1 aromatic heterocycles. The number of carbonyl (C=O) groups is 1. The highest BCUT2D eigenvalue weighted by atomic mass is 19.2. The summed E-state index contributed by atoms with van der Waals surface area (Å²) < 4.78 is 25.9. The molecule has 1 amide bonds. The van der Waals surface area contributed by atoms with E-state index in [1.807, 2.05) is 24.3 Å². The van der Waals surface area contributed by atoms with E-state index >= 15 is 0 Å². The Hall–Kier alpha value is -3.09. The molecule has 1 heterocycles. The first-order chi connectivity index (χ1) is 11.1. The number of rotatable bonds is 4. The quantitative estimate of drug-likeness (QED) is 0.777. The van der Waals surface area contributed by atoms with Gasteiger partial charge in [0.05, 0.1) is 12.1 Å². The fourth-order valence-electron chi connectivity index (χ4n) is 2.09. The SMILES string of the molecule is O=C(CNc1ncnc2ccccc12)Nc1ccc(F)c(F)c1. The molecule has 3 aromatic rings. The van der Waals surface area contributed by atoms with Crippen LogP contribution in [0.2, 0.25) is 0 Å². The molecule has 0 bridgehead atoms. The summed E-state index contributed by atoms with van der Waals surface area (Å²) in [6.45, 7) is -0.0694. The number of para-hydroxylation sites is 1. The van der Waals surface area contributed by atoms with E-state index in [0.29, 0.717) is 5.82 Å². The minimum atomic E-state index is -1.02. The largest absolute Gasteiger partial charge is 0.360 e. The molecule has 0 aliphatic heterocycles. The number of nitrogens with zero attached hydrogens (tertiary/aromatic N) is 2. The summed E-state index contributed by atoms with van der Waals surface area (Å²) in [5.41, 5.74) is 0.939. The van der Waals surface area contributed by atoms with Crippen LogP contribution in [-0.4, -0.2) is 22.4 Å². The van der Waals surface area contributed by atoms with E-state index in [1.165, 1.54) is 12.4 Å². The van der Waals surface area contributed by atoms with Crippen LogP contribution in [0.25, 0.3) is 10.9 Å². The molecule has 0 aliphatic carbocycles. The number of fused-ring (bicyclic) bond motifs is 1. The predicted molar refractivity (Wildman–Crippen MR) is 83.0 cm³/mol. The van der Waals surface area contributed by atoms with Crippen LogP contribution in [0.4, 0.5) is 20.3 Å². The van der Waals surface area contributed by atoms with E-state index in [-0.39, 0.29) is 12.2 Å². The Morgan fingerprint density at radius 1 is 1.04 bits per heavy atom. The normalized spacial score (nSPS) is 10.5. The first-order valence-electron chi connectivity index (χ1n) is 6.82.